The van der Waals surface area contributed by atoms with Crippen molar-refractivity contribution in [2.24, 2.45) is 5.41 Å². The maximum absolute atomic E-state index is 12.7. The van der Waals surface area contributed by atoms with Gasteiger partial charge in [-0.15, -0.1) is 0 Å². The number of hydrogen-bond donors (Lipinski definition) is 1. The Labute approximate surface area is 148 Å². The molecule has 1 aromatic heterocycles. The first-order valence-electron chi connectivity index (χ1n) is 9.38. The SMILES string of the molecule is CCN(CC)CCCNC(=O)C(C)(CC)CC(C)c1ccccn1. The van der Waals surface area contributed by atoms with Crippen molar-refractivity contribution in [1.82, 2.24) is 15.2 Å². The van der Waals surface area contributed by atoms with Gasteiger partial charge in [-0.1, -0.05) is 40.7 Å². The highest BCUT2D eigenvalue weighted by Gasteiger charge is 2.33. The third-order valence-corrected chi connectivity index (χ3v) is 5.11. The molecule has 0 saturated heterocycles. The molecule has 136 valence electrons. The van der Waals surface area contributed by atoms with Gasteiger partial charge in [-0.05, 0) is 56.9 Å². The number of pyridine rings is 1. The molecule has 0 bridgehead atoms. The van der Waals surface area contributed by atoms with Crippen LogP contribution in [0, 0.1) is 5.41 Å². The predicted molar refractivity (Wildman–Crippen MR) is 101 cm³/mol. The van der Waals surface area contributed by atoms with Crippen LogP contribution in [-0.2, 0) is 4.79 Å². The fourth-order valence-electron chi connectivity index (χ4n) is 3.10. The number of amides is 1. The lowest BCUT2D eigenvalue weighted by Gasteiger charge is -2.30. The Hall–Kier alpha value is -1.42. The Morgan fingerprint density at radius 2 is 2.00 bits per heavy atom. The van der Waals surface area contributed by atoms with Gasteiger partial charge >= 0.3 is 0 Å². The Kier molecular flexibility index (Phi) is 8.98. The van der Waals surface area contributed by atoms with E-state index in [9.17, 15) is 4.79 Å². The van der Waals surface area contributed by atoms with Crippen molar-refractivity contribution in [2.75, 3.05) is 26.2 Å². The van der Waals surface area contributed by atoms with Crippen LogP contribution in [0.2, 0.25) is 0 Å². The topological polar surface area (TPSA) is 45.2 Å². The summed E-state index contributed by atoms with van der Waals surface area (Å²) in [6.07, 6.45) is 4.49. The lowest BCUT2D eigenvalue weighted by atomic mass is 9.77. The quantitative estimate of drug-likeness (QED) is 0.626. The highest BCUT2D eigenvalue weighted by molar-refractivity contribution is 5.82. The van der Waals surface area contributed by atoms with Crippen molar-refractivity contribution in [1.29, 1.82) is 0 Å². The van der Waals surface area contributed by atoms with Gasteiger partial charge in [0.25, 0.3) is 0 Å². The van der Waals surface area contributed by atoms with Gasteiger partial charge in [-0.2, -0.15) is 0 Å². The Bertz CT molecular complexity index is 473. The van der Waals surface area contributed by atoms with E-state index in [0.717, 1.165) is 51.1 Å². The number of aromatic nitrogens is 1. The van der Waals surface area contributed by atoms with E-state index in [-0.39, 0.29) is 17.2 Å². The van der Waals surface area contributed by atoms with Crippen molar-refractivity contribution in [2.45, 2.75) is 59.8 Å². The summed E-state index contributed by atoms with van der Waals surface area (Å²) in [5.74, 6) is 0.449. The molecule has 1 aromatic rings. The first-order chi connectivity index (χ1) is 11.5. The second-order valence-electron chi connectivity index (χ2n) is 6.91. The number of nitrogens with zero attached hydrogens (tertiary/aromatic N) is 2. The van der Waals surface area contributed by atoms with Gasteiger partial charge in [0.15, 0.2) is 0 Å². The van der Waals surface area contributed by atoms with Crippen LogP contribution in [0.5, 0.6) is 0 Å². The average molecular weight is 334 g/mol. The van der Waals surface area contributed by atoms with Gasteiger partial charge in [-0.3, -0.25) is 9.78 Å². The van der Waals surface area contributed by atoms with Gasteiger partial charge in [0.05, 0.1) is 0 Å². The molecule has 0 aliphatic carbocycles. The molecule has 24 heavy (non-hydrogen) atoms. The summed E-state index contributed by atoms with van der Waals surface area (Å²) in [6, 6.07) is 5.98. The van der Waals surface area contributed by atoms with Crippen molar-refractivity contribution in [3.05, 3.63) is 30.1 Å². The first kappa shape index (κ1) is 20.6. The van der Waals surface area contributed by atoms with Crippen LogP contribution in [0.4, 0.5) is 0 Å². The molecule has 4 heteroatoms. The minimum Gasteiger partial charge on any atom is -0.356 e. The molecule has 4 nitrogen and oxygen atoms in total. The highest BCUT2D eigenvalue weighted by atomic mass is 16.2. The zero-order valence-corrected chi connectivity index (χ0v) is 16.1. The maximum atomic E-state index is 12.7. The Morgan fingerprint density at radius 1 is 1.29 bits per heavy atom. The zero-order chi connectivity index (χ0) is 18.0. The summed E-state index contributed by atoms with van der Waals surface area (Å²) in [4.78, 5) is 19.5. The van der Waals surface area contributed by atoms with E-state index in [1.807, 2.05) is 24.4 Å². The molecule has 0 aliphatic rings. The summed E-state index contributed by atoms with van der Waals surface area (Å²) in [6.45, 7) is 14.6. The van der Waals surface area contributed by atoms with E-state index >= 15 is 0 Å². The Morgan fingerprint density at radius 3 is 2.54 bits per heavy atom. The smallest absolute Gasteiger partial charge is 0.225 e. The molecule has 1 rings (SSSR count). The fourth-order valence-corrected chi connectivity index (χ4v) is 3.10. The van der Waals surface area contributed by atoms with Gasteiger partial charge in [0, 0.05) is 23.9 Å². The number of nitrogens with one attached hydrogen (secondary N) is 1. The van der Waals surface area contributed by atoms with Crippen molar-refractivity contribution < 1.29 is 4.79 Å². The summed E-state index contributed by atoms with van der Waals surface area (Å²) in [7, 11) is 0. The molecule has 2 unspecified atom stereocenters. The van der Waals surface area contributed by atoms with Crippen LogP contribution in [0.1, 0.15) is 65.5 Å². The predicted octanol–water partition coefficient (Wildman–Crippen LogP) is 3.84. The number of carbonyl (C=O) groups is 1. The van der Waals surface area contributed by atoms with Crippen molar-refractivity contribution in [3.63, 3.8) is 0 Å². The van der Waals surface area contributed by atoms with Crippen molar-refractivity contribution in [3.8, 4) is 0 Å². The van der Waals surface area contributed by atoms with E-state index < -0.39 is 0 Å². The largest absolute Gasteiger partial charge is 0.356 e. The van der Waals surface area contributed by atoms with Crippen LogP contribution >= 0.6 is 0 Å². The molecule has 1 heterocycles. The van der Waals surface area contributed by atoms with E-state index in [2.05, 4.69) is 49.8 Å². The molecule has 2 atom stereocenters. The molecular formula is C20H35N3O. The molecule has 0 fully saturated rings. The minimum absolute atomic E-state index is 0.173. The molecular weight excluding hydrogens is 298 g/mol. The van der Waals surface area contributed by atoms with Crippen LogP contribution in [0.25, 0.3) is 0 Å². The Balaban J connectivity index is 2.51. The number of hydrogen-bond acceptors (Lipinski definition) is 3. The minimum atomic E-state index is -0.341. The monoisotopic (exact) mass is 333 g/mol. The number of carbonyl (C=O) groups excluding carboxylic acids is 1. The molecule has 0 spiro atoms. The lowest BCUT2D eigenvalue weighted by molar-refractivity contribution is -0.131. The summed E-state index contributed by atoms with van der Waals surface area (Å²) < 4.78 is 0. The molecule has 0 aliphatic heterocycles. The van der Waals surface area contributed by atoms with E-state index in [1.54, 1.807) is 0 Å². The highest BCUT2D eigenvalue weighted by Crippen LogP contribution is 2.34. The maximum Gasteiger partial charge on any atom is 0.225 e. The first-order valence-corrected chi connectivity index (χ1v) is 9.38. The fraction of sp³-hybridized carbons (Fsp3) is 0.700. The lowest BCUT2D eigenvalue weighted by Crippen LogP contribution is -2.40. The van der Waals surface area contributed by atoms with Crippen molar-refractivity contribution >= 4 is 5.91 Å². The van der Waals surface area contributed by atoms with Gasteiger partial charge in [-0.25, -0.2) is 0 Å². The second kappa shape index (κ2) is 10.4. The standard InChI is InChI=1S/C20H35N3O/c1-6-20(5,16-17(4)18-12-9-10-13-21-18)19(24)22-14-11-15-23(7-2)8-3/h9-10,12-13,17H,6-8,11,14-16H2,1-5H3,(H,22,24). The zero-order valence-electron chi connectivity index (χ0n) is 16.1. The van der Waals surface area contributed by atoms with Crippen LogP contribution in [0.3, 0.4) is 0 Å². The molecule has 1 N–H and O–H groups in total. The molecule has 0 radical (unpaired) electrons. The van der Waals surface area contributed by atoms with Crippen LogP contribution in [0.15, 0.2) is 24.4 Å². The van der Waals surface area contributed by atoms with E-state index in [0.29, 0.717) is 0 Å². The third-order valence-electron chi connectivity index (χ3n) is 5.11. The molecule has 0 aromatic carbocycles. The average Bonchev–Trinajstić information content (AvgIpc) is 2.62. The molecule has 1 amide bonds. The summed E-state index contributed by atoms with van der Waals surface area (Å²) >= 11 is 0. The van der Waals surface area contributed by atoms with Gasteiger partial charge < -0.3 is 10.2 Å². The van der Waals surface area contributed by atoms with Crippen LogP contribution < -0.4 is 5.32 Å². The number of rotatable bonds is 11. The van der Waals surface area contributed by atoms with E-state index in [1.165, 1.54) is 0 Å². The van der Waals surface area contributed by atoms with Crippen LogP contribution in [-0.4, -0.2) is 42.0 Å². The molecule has 0 saturated carbocycles. The van der Waals surface area contributed by atoms with E-state index in [4.69, 9.17) is 0 Å². The van der Waals surface area contributed by atoms with Gasteiger partial charge in [0.2, 0.25) is 5.91 Å². The summed E-state index contributed by atoms with van der Waals surface area (Å²) in [5.41, 5.74) is 0.720. The second-order valence-corrected chi connectivity index (χ2v) is 6.91. The van der Waals surface area contributed by atoms with Gasteiger partial charge in [0.1, 0.15) is 0 Å². The normalized spacial score (nSPS) is 15.1. The third kappa shape index (κ3) is 6.23. The summed E-state index contributed by atoms with van der Waals surface area (Å²) in [5, 5.41) is 3.15.